The number of nitrogens with one attached hydrogen (secondary N) is 1. The summed E-state index contributed by atoms with van der Waals surface area (Å²) in [7, 11) is 1.98. The molecule has 0 aliphatic rings. The maximum atomic E-state index is 13.6. The first kappa shape index (κ1) is 15.7. The fourth-order valence-electron chi connectivity index (χ4n) is 3.32. The quantitative estimate of drug-likeness (QED) is 0.824. The summed E-state index contributed by atoms with van der Waals surface area (Å²) in [5, 5.41) is 3.45. The first-order valence-corrected chi connectivity index (χ1v) is 7.57. The molecule has 0 amide bonds. The Balaban J connectivity index is 2.48. The summed E-state index contributed by atoms with van der Waals surface area (Å²) in [6.45, 7) is 6.19. The molecule has 0 aliphatic heterocycles. The molecule has 0 heterocycles. The van der Waals surface area contributed by atoms with E-state index in [2.05, 4.69) is 36.5 Å². The third-order valence-corrected chi connectivity index (χ3v) is 4.25. The zero-order chi connectivity index (χ0) is 15.4. The van der Waals surface area contributed by atoms with E-state index in [0.29, 0.717) is 5.92 Å². The average Bonchev–Trinajstić information content (AvgIpc) is 2.46. The van der Waals surface area contributed by atoms with Crippen molar-refractivity contribution in [1.29, 1.82) is 0 Å². The minimum atomic E-state index is -0.156. The van der Waals surface area contributed by atoms with E-state index < -0.39 is 0 Å². The Morgan fingerprint density at radius 2 is 1.62 bits per heavy atom. The third-order valence-electron chi connectivity index (χ3n) is 4.25. The normalized spacial score (nSPS) is 14.0. The number of likely N-dealkylation sites (N-methyl/N-ethyl adjacent to an activating group) is 1. The second kappa shape index (κ2) is 6.86. The van der Waals surface area contributed by atoms with Crippen molar-refractivity contribution in [2.45, 2.75) is 39.2 Å². The van der Waals surface area contributed by atoms with Crippen molar-refractivity contribution < 1.29 is 4.39 Å². The topological polar surface area (TPSA) is 12.0 Å². The van der Waals surface area contributed by atoms with Crippen molar-refractivity contribution in [2.75, 3.05) is 7.05 Å². The molecular formula is C19H24FN. The number of halogens is 1. The van der Waals surface area contributed by atoms with Crippen molar-refractivity contribution in [3.05, 3.63) is 70.5 Å². The molecule has 1 nitrogen and oxygen atoms in total. The number of aryl methyl sites for hydroxylation is 2. The maximum absolute atomic E-state index is 13.6. The highest BCUT2D eigenvalue weighted by Gasteiger charge is 2.24. The molecule has 112 valence electrons. The lowest BCUT2D eigenvalue weighted by Gasteiger charge is -2.29. The van der Waals surface area contributed by atoms with E-state index in [1.807, 2.05) is 27.0 Å². The molecule has 2 heteroatoms. The second-order valence-electron chi connectivity index (χ2n) is 5.65. The lowest BCUT2D eigenvalue weighted by atomic mass is 9.82. The van der Waals surface area contributed by atoms with Gasteiger partial charge in [0.2, 0.25) is 0 Å². The van der Waals surface area contributed by atoms with E-state index in [1.165, 1.54) is 11.1 Å². The minimum Gasteiger partial charge on any atom is -0.312 e. The SMILES string of the molecule is CCC(c1ccccc1)C(NC)c1c(C)cc(F)cc1C. The lowest BCUT2D eigenvalue weighted by molar-refractivity contribution is 0.463. The summed E-state index contributed by atoms with van der Waals surface area (Å²) < 4.78 is 13.6. The van der Waals surface area contributed by atoms with Crippen molar-refractivity contribution in [2.24, 2.45) is 0 Å². The first-order valence-electron chi connectivity index (χ1n) is 7.57. The van der Waals surface area contributed by atoms with E-state index >= 15 is 0 Å². The highest BCUT2D eigenvalue weighted by molar-refractivity contribution is 5.39. The van der Waals surface area contributed by atoms with Gasteiger partial charge in [0.05, 0.1) is 0 Å². The molecule has 21 heavy (non-hydrogen) atoms. The van der Waals surface area contributed by atoms with Gasteiger partial charge in [-0.1, -0.05) is 37.3 Å². The number of rotatable bonds is 5. The van der Waals surface area contributed by atoms with Gasteiger partial charge in [-0.2, -0.15) is 0 Å². The van der Waals surface area contributed by atoms with Crippen LogP contribution in [0, 0.1) is 19.7 Å². The summed E-state index contributed by atoms with van der Waals surface area (Å²) in [6.07, 6.45) is 1.03. The summed E-state index contributed by atoms with van der Waals surface area (Å²) >= 11 is 0. The molecule has 2 aromatic carbocycles. The van der Waals surface area contributed by atoms with Crippen molar-refractivity contribution in [1.82, 2.24) is 5.32 Å². The van der Waals surface area contributed by atoms with Crippen LogP contribution < -0.4 is 5.32 Å². The fraction of sp³-hybridized carbons (Fsp3) is 0.368. The second-order valence-corrected chi connectivity index (χ2v) is 5.65. The van der Waals surface area contributed by atoms with Gasteiger partial charge in [-0.15, -0.1) is 0 Å². The first-order chi connectivity index (χ1) is 10.1. The molecule has 0 radical (unpaired) electrons. The molecule has 0 aromatic heterocycles. The van der Waals surface area contributed by atoms with Crippen LogP contribution in [0.3, 0.4) is 0 Å². The van der Waals surface area contributed by atoms with Crippen LogP contribution in [-0.4, -0.2) is 7.05 Å². The summed E-state index contributed by atoms with van der Waals surface area (Å²) in [5.74, 6) is 0.218. The Labute approximate surface area is 127 Å². The third kappa shape index (κ3) is 3.33. The van der Waals surface area contributed by atoms with Gasteiger partial charge in [-0.3, -0.25) is 0 Å². The van der Waals surface area contributed by atoms with Gasteiger partial charge in [-0.25, -0.2) is 4.39 Å². The maximum Gasteiger partial charge on any atom is 0.123 e. The van der Waals surface area contributed by atoms with Crippen LogP contribution in [0.15, 0.2) is 42.5 Å². The number of hydrogen-bond donors (Lipinski definition) is 1. The van der Waals surface area contributed by atoms with Crippen LogP contribution in [0.2, 0.25) is 0 Å². The van der Waals surface area contributed by atoms with Crippen molar-refractivity contribution >= 4 is 0 Å². The lowest BCUT2D eigenvalue weighted by Crippen LogP contribution is -2.25. The Bertz CT molecular complexity index is 569. The van der Waals surface area contributed by atoms with Crippen LogP contribution in [0.25, 0.3) is 0 Å². The van der Waals surface area contributed by atoms with E-state index in [4.69, 9.17) is 0 Å². The average molecular weight is 285 g/mol. The molecule has 2 atom stereocenters. The van der Waals surface area contributed by atoms with Crippen LogP contribution in [0.4, 0.5) is 4.39 Å². The molecule has 0 spiro atoms. The van der Waals surface area contributed by atoms with Crippen molar-refractivity contribution in [3.63, 3.8) is 0 Å². The van der Waals surface area contributed by atoms with Gasteiger partial charge in [0.15, 0.2) is 0 Å². The summed E-state index contributed by atoms with van der Waals surface area (Å²) in [4.78, 5) is 0. The molecule has 2 aromatic rings. The standard InChI is InChI=1S/C19H24FN/c1-5-17(15-9-7-6-8-10-15)19(21-4)18-13(2)11-16(20)12-14(18)3/h6-12,17,19,21H,5H2,1-4H3. The molecule has 2 rings (SSSR count). The molecule has 0 aliphatic carbocycles. The Morgan fingerprint density at radius 3 is 2.10 bits per heavy atom. The Morgan fingerprint density at radius 1 is 1.05 bits per heavy atom. The zero-order valence-corrected chi connectivity index (χ0v) is 13.3. The molecule has 0 fully saturated rings. The van der Waals surface area contributed by atoms with Crippen LogP contribution in [0.1, 0.15) is 47.6 Å². The van der Waals surface area contributed by atoms with Gasteiger partial charge >= 0.3 is 0 Å². The zero-order valence-electron chi connectivity index (χ0n) is 13.3. The molecular weight excluding hydrogens is 261 g/mol. The minimum absolute atomic E-state index is 0.156. The molecule has 1 N–H and O–H groups in total. The molecule has 0 saturated heterocycles. The highest BCUT2D eigenvalue weighted by atomic mass is 19.1. The van der Waals surface area contributed by atoms with E-state index in [-0.39, 0.29) is 11.9 Å². The van der Waals surface area contributed by atoms with Gasteiger partial charge in [0.25, 0.3) is 0 Å². The number of benzene rings is 2. The number of hydrogen-bond acceptors (Lipinski definition) is 1. The predicted octanol–water partition coefficient (Wildman–Crippen LogP) is 4.90. The Kier molecular flexibility index (Phi) is 5.13. The largest absolute Gasteiger partial charge is 0.312 e. The van der Waals surface area contributed by atoms with E-state index in [1.54, 1.807) is 12.1 Å². The van der Waals surface area contributed by atoms with Crippen LogP contribution in [-0.2, 0) is 0 Å². The van der Waals surface area contributed by atoms with Gasteiger partial charge in [0.1, 0.15) is 5.82 Å². The van der Waals surface area contributed by atoms with E-state index in [9.17, 15) is 4.39 Å². The van der Waals surface area contributed by atoms with Crippen LogP contribution in [0.5, 0.6) is 0 Å². The molecule has 0 saturated carbocycles. The van der Waals surface area contributed by atoms with Gasteiger partial charge in [-0.05, 0) is 61.7 Å². The van der Waals surface area contributed by atoms with Crippen LogP contribution >= 0.6 is 0 Å². The van der Waals surface area contributed by atoms with Gasteiger partial charge < -0.3 is 5.32 Å². The molecule has 0 bridgehead atoms. The van der Waals surface area contributed by atoms with Gasteiger partial charge in [0, 0.05) is 12.0 Å². The fourth-order valence-corrected chi connectivity index (χ4v) is 3.32. The van der Waals surface area contributed by atoms with E-state index in [0.717, 1.165) is 17.5 Å². The molecule has 2 unspecified atom stereocenters. The Hall–Kier alpha value is -1.67. The highest BCUT2D eigenvalue weighted by Crippen LogP contribution is 2.36. The smallest absolute Gasteiger partial charge is 0.123 e. The van der Waals surface area contributed by atoms with Crippen molar-refractivity contribution in [3.8, 4) is 0 Å². The monoisotopic (exact) mass is 285 g/mol. The summed E-state index contributed by atoms with van der Waals surface area (Å²) in [6, 6.07) is 14.0. The summed E-state index contributed by atoms with van der Waals surface area (Å²) in [5.41, 5.74) is 4.57. The predicted molar refractivity (Wildman–Crippen MR) is 87.1 cm³/mol.